The van der Waals surface area contributed by atoms with Crippen LogP contribution in [0, 0.1) is 0 Å². The third-order valence-electron chi connectivity index (χ3n) is 2.64. The van der Waals surface area contributed by atoms with Crippen molar-refractivity contribution in [3.8, 4) is 11.5 Å². The van der Waals surface area contributed by atoms with Crippen LogP contribution in [0.4, 0.5) is 0 Å². The van der Waals surface area contributed by atoms with Crippen molar-refractivity contribution >= 4 is 17.0 Å². The Labute approximate surface area is 99.1 Å². The Bertz CT molecular complexity index is 564. The molecule has 4 nitrogen and oxygen atoms in total. The van der Waals surface area contributed by atoms with Gasteiger partial charge in [-0.05, 0) is 35.0 Å². The van der Waals surface area contributed by atoms with Crippen LogP contribution in [-0.4, -0.2) is 25.6 Å². The molecule has 0 aliphatic heterocycles. The SMILES string of the molecule is COc1ccc2c(/C=N/O)c(OC)ccc2c1. The molecule has 0 amide bonds. The molecule has 0 fully saturated rings. The number of nitrogens with zero attached hydrogens (tertiary/aromatic N) is 1. The number of oxime groups is 1. The number of ether oxygens (including phenoxy) is 2. The van der Waals surface area contributed by atoms with Gasteiger partial charge >= 0.3 is 0 Å². The summed E-state index contributed by atoms with van der Waals surface area (Å²) in [6.45, 7) is 0. The zero-order valence-corrected chi connectivity index (χ0v) is 9.68. The summed E-state index contributed by atoms with van der Waals surface area (Å²) >= 11 is 0. The van der Waals surface area contributed by atoms with Crippen LogP contribution in [0.5, 0.6) is 11.5 Å². The van der Waals surface area contributed by atoms with E-state index in [1.807, 2.05) is 30.3 Å². The van der Waals surface area contributed by atoms with Gasteiger partial charge in [0.15, 0.2) is 0 Å². The Morgan fingerprint density at radius 2 is 1.94 bits per heavy atom. The van der Waals surface area contributed by atoms with E-state index in [2.05, 4.69) is 5.16 Å². The number of methoxy groups -OCH3 is 2. The molecule has 4 heteroatoms. The van der Waals surface area contributed by atoms with Crippen LogP contribution < -0.4 is 9.47 Å². The summed E-state index contributed by atoms with van der Waals surface area (Å²) in [5.74, 6) is 1.45. The molecule has 1 N–H and O–H groups in total. The number of rotatable bonds is 3. The fourth-order valence-corrected chi connectivity index (χ4v) is 1.81. The van der Waals surface area contributed by atoms with Crippen molar-refractivity contribution in [1.82, 2.24) is 0 Å². The van der Waals surface area contributed by atoms with Gasteiger partial charge in [-0.25, -0.2) is 0 Å². The fraction of sp³-hybridized carbons (Fsp3) is 0.154. The molecule has 0 aliphatic carbocycles. The van der Waals surface area contributed by atoms with Crippen LogP contribution in [0.2, 0.25) is 0 Å². The highest BCUT2D eigenvalue weighted by molar-refractivity contribution is 6.02. The van der Waals surface area contributed by atoms with Crippen molar-refractivity contribution in [2.45, 2.75) is 0 Å². The molecular formula is C13H13NO3. The molecule has 0 bridgehead atoms. The molecule has 0 saturated carbocycles. The minimum absolute atomic E-state index is 0.667. The molecule has 0 heterocycles. The maximum atomic E-state index is 8.69. The fourth-order valence-electron chi connectivity index (χ4n) is 1.81. The second-order valence-corrected chi connectivity index (χ2v) is 3.51. The lowest BCUT2D eigenvalue weighted by Gasteiger charge is -2.09. The highest BCUT2D eigenvalue weighted by atomic mass is 16.5. The molecule has 0 spiro atoms. The van der Waals surface area contributed by atoms with E-state index < -0.39 is 0 Å². The highest BCUT2D eigenvalue weighted by Crippen LogP contribution is 2.29. The Morgan fingerprint density at radius 3 is 2.59 bits per heavy atom. The zero-order valence-electron chi connectivity index (χ0n) is 9.68. The maximum Gasteiger partial charge on any atom is 0.128 e. The molecule has 0 aromatic heterocycles. The van der Waals surface area contributed by atoms with Gasteiger partial charge in [-0.1, -0.05) is 11.2 Å². The smallest absolute Gasteiger partial charge is 0.128 e. The monoisotopic (exact) mass is 231 g/mol. The first kappa shape index (κ1) is 11.3. The average Bonchev–Trinajstić information content (AvgIpc) is 2.38. The summed E-state index contributed by atoms with van der Waals surface area (Å²) in [5.41, 5.74) is 0.746. The summed E-state index contributed by atoms with van der Waals surface area (Å²) in [4.78, 5) is 0. The molecule has 0 radical (unpaired) electrons. The molecule has 88 valence electrons. The van der Waals surface area contributed by atoms with E-state index in [4.69, 9.17) is 14.7 Å². The third kappa shape index (κ3) is 2.01. The standard InChI is InChI=1S/C13H13NO3/c1-16-10-4-5-11-9(7-10)3-6-13(17-2)12(11)8-14-15/h3-8,15H,1-2H3/b14-8+. The first-order valence-corrected chi connectivity index (χ1v) is 5.12. The van der Waals surface area contributed by atoms with E-state index in [9.17, 15) is 0 Å². The van der Waals surface area contributed by atoms with E-state index >= 15 is 0 Å². The Hall–Kier alpha value is -2.23. The van der Waals surface area contributed by atoms with Crippen molar-refractivity contribution in [2.24, 2.45) is 5.16 Å². The number of benzene rings is 2. The second kappa shape index (κ2) is 4.74. The van der Waals surface area contributed by atoms with Gasteiger partial charge in [-0.2, -0.15) is 0 Å². The summed E-state index contributed by atoms with van der Waals surface area (Å²) in [6, 6.07) is 9.46. The Morgan fingerprint density at radius 1 is 1.12 bits per heavy atom. The van der Waals surface area contributed by atoms with E-state index in [0.29, 0.717) is 5.75 Å². The number of hydrogen-bond donors (Lipinski definition) is 1. The molecule has 0 atom stereocenters. The largest absolute Gasteiger partial charge is 0.497 e. The van der Waals surface area contributed by atoms with Crippen molar-refractivity contribution in [3.63, 3.8) is 0 Å². The molecule has 2 rings (SSSR count). The van der Waals surface area contributed by atoms with Crippen LogP contribution in [0.15, 0.2) is 35.5 Å². The summed E-state index contributed by atoms with van der Waals surface area (Å²) < 4.78 is 10.4. The zero-order chi connectivity index (χ0) is 12.3. The van der Waals surface area contributed by atoms with Gasteiger partial charge in [0.1, 0.15) is 11.5 Å². The maximum absolute atomic E-state index is 8.69. The summed E-state index contributed by atoms with van der Waals surface area (Å²) in [5, 5.41) is 13.7. The Kier molecular flexibility index (Phi) is 3.14. The minimum Gasteiger partial charge on any atom is -0.497 e. The lowest BCUT2D eigenvalue weighted by molar-refractivity contribution is 0.321. The van der Waals surface area contributed by atoms with Gasteiger partial charge in [0.05, 0.1) is 20.4 Å². The first-order valence-electron chi connectivity index (χ1n) is 5.12. The van der Waals surface area contributed by atoms with Gasteiger partial charge in [0.25, 0.3) is 0 Å². The van der Waals surface area contributed by atoms with Crippen LogP contribution in [0.1, 0.15) is 5.56 Å². The van der Waals surface area contributed by atoms with Gasteiger partial charge in [-0.15, -0.1) is 0 Å². The van der Waals surface area contributed by atoms with E-state index in [1.54, 1.807) is 14.2 Å². The second-order valence-electron chi connectivity index (χ2n) is 3.51. The van der Waals surface area contributed by atoms with Gasteiger partial charge in [0.2, 0.25) is 0 Å². The molecule has 0 saturated heterocycles. The molecule has 0 unspecified atom stereocenters. The van der Waals surface area contributed by atoms with Crippen LogP contribution in [0.3, 0.4) is 0 Å². The van der Waals surface area contributed by atoms with Crippen molar-refractivity contribution in [2.75, 3.05) is 14.2 Å². The lowest BCUT2D eigenvalue weighted by atomic mass is 10.0. The lowest BCUT2D eigenvalue weighted by Crippen LogP contribution is -1.93. The van der Waals surface area contributed by atoms with E-state index in [-0.39, 0.29) is 0 Å². The summed E-state index contributed by atoms with van der Waals surface area (Å²) in [7, 11) is 3.21. The topological polar surface area (TPSA) is 51.0 Å². The quantitative estimate of drug-likeness (QED) is 0.502. The predicted molar refractivity (Wildman–Crippen MR) is 66.4 cm³/mol. The normalized spacial score (nSPS) is 10.9. The molecule has 2 aromatic carbocycles. The first-order chi connectivity index (χ1) is 8.30. The minimum atomic E-state index is 0.667. The summed E-state index contributed by atoms with van der Waals surface area (Å²) in [6.07, 6.45) is 1.37. The molecular weight excluding hydrogens is 218 g/mol. The number of fused-ring (bicyclic) bond motifs is 1. The highest BCUT2D eigenvalue weighted by Gasteiger charge is 2.07. The molecule has 0 aliphatic rings. The van der Waals surface area contributed by atoms with Crippen molar-refractivity contribution in [3.05, 3.63) is 35.9 Å². The van der Waals surface area contributed by atoms with Crippen molar-refractivity contribution in [1.29, 1.82) is 0 Å². The van der Waals surface area contributed by atoms with E-state index in [0.717, 1.165) is 22.1 Å². The van der Waals surface area contributed by atoms with Gasteiger partial charge in [-0.3, -0.25) is 0 Å². The van der Waals surface area contributed by atoms with Crippen molar-refractivity contribution < 1.29 is 14.7 Å². The van der Waals surface area contributed by atoms with Gasteiger partial charge in [0, 0.05) is 5.56 Å². The van der Waals surface area contributed by atoms with Crippen LogP contribution in [-0.2, 0) is 0 Å². The number of hydrogen-bond acceptors (Lipinski definition) is 4. The predicted octanol–water partition coefficient (Wildman–Crippen LogP) is 2.67. The van der Waals surface area contributed by atoms with Gasteiger partial charge < -0.3 is 14.7 Å². The average molecular weight is 231 g/mol. The van der Waals surface area contributed by atoms with Crippen LogP contribution in [0.25, 0.3) is 10.8 Å². The van der Waals surface area contributed by atoms with Crippen LogP contribution >= 0.6 is 0 Å². The van der Waals surface area contributed by atoms with E-state index in [1.165, 1.54) is 6.21 Å². The Balaban J connectivity index is 2.72. The molecule has 2 aromatic rings. The molecule has 17 heavy (non-hydrogen) atoms. The third-order valence-corrected chi connectivity index (χ3v) is 2.64.